The summed E-state index contributed by atoms with van der Waals surface area (Å²) in [7, 11) is -1.57. The molecule has 0 saturated carbocycles. The van der Waals surface area contributed by atoms with Crippen LogP contribution in [0.15, 0.2) is 23.1 Å². The molecule has 90 valence electrons. The molecule has 0 aliphatic heterocycles. The molecule has 3 nitrogen and oxygen atoms in total. The van der Waals surface area contributed by atoms with Crippen LogP contribution >= 0.6 is 23.2 Å². The van der Waals surface area contributed by atoms with Crippen molar-refractivity contribution < 1.29 is 8.42 Å². The Morgan fingerprint density at radius 3 is 2.62 bits per heavy atom. The summed E-state index contributed by atoms with van der Waals surface area (Å²) in [6.07, 6.45) is 0.543. The smallest absolute Gasteiger partial charge is 0.179 e. The molecule has 0 aliphatic rings. The second-order valence-corrected chi connectivity index (χ2v) is 6.27. The first-order chi connectivity index (χ1) is 7.47. The van der Waals surface area contributed by atoms with Crippen molar-refractivity contribution in [3.8, 4) is 0 Å². The van der Waals surface area contributed by atoms with Gasteiger partial charge in [-0.25, -0.2) is 8.42 Å². The van der Waals surface area contributed by atoms with Crippen LogP contribution in [0.3, 0.4) is 0 Å². The zero-order valence-electron chi connectivity index (χ0n) is 8.83. The highest BCUT2D eigenvalue weighted by molar-refractivity contribution is 7.91. The average molecular weight is 282 g/mol. The average Bonchev–Trinajstić information content (AvgIpc) is 2.22. The van der Waals surface area contributed by atoms with Gasteiger partial charge >= 0.3 is 0 Å². The highest BCUT2D eigenvalue weighted by Crippen LogP contribution is 2.26. The fourth-order valence-corrected chi connectivity index (χ4v) is 3.39. The van der Waals surface area contributed by atoms with Gasteiger partial charge in [0.05, 0.1) is 15.7 Å². The minimum atomic E-state index is -3.34. The van der Waals surface area contributed by atoms with Crippen molar-refractivity contribution >= 4 is 33.0 Å². The molecule has 0 aromatic heterocycles. The Kier molecular flexibility index (Phi) is 5.05. The standard InChI is InChI=1S/C10H13Cl2NO2S/c1-13-5-2-6-16(14,15)10-7-8(11)3-4-9(10)12/h3-4,7,13H,2,5-6H2,1H3. The maximum Gasteiger partial charge on any atom is 0.179 e. The summed E-state index contributed by atoms with van der Waals surface area (Å²) < 4.78 is 23.8. The molecule has 1 aromatic carbocycles. The van der Waals surface area contributed by atoms with E-state index in [0.29, 0.717) is 18.0 Å². The first kappa shape index (κ1) is 13.8. The van der Waals surface area contributed by atoms with E-state index in [0.717, 1.165) is 0 Å². The zero-order chi connectivity index (χ0) is 12.2. The lowest BCUT2D eigenvalue weighted by Gasteiger charge is -2.06. The maximum atomic E-state index is 11.9. The molecule has 0 unspecified atom stereocenters. The van der Waals surface area contributed by atoms with E-state index in [1.807, 2.05) is 0 Å². The van der Waals surface area contributed by atoms with Crippen molar-refractivity contribution in [1.82, 2.24) is 5.32 Å². The lowest BCUT2D eigenvalue weighted by Crippen LogP contribution is -2.14. The SMILES string of the molecule is CNCCCS(=O)(=O)c1cc(Cl)ccc1Cl. The van der Waals surface area contributed by atoms with Crippen LogP contribution in [0.5, 0.6) is 0 Å². The molecule has 0 aliphatic carbocycles. The third-order valence-electron chi connectivity index (χ3n) is 2.07. The number of nitrogens with one attached hydrogen (secondary N) is 1. The summed E-state index contributed by atoms with van der Waals surface area (Å²) in [5, 5.41) is 3.48. The van der Waals surface area contributed by atoms with E-state index in [2.05, 4.69) is 5.32 Å². The summed E-state index contributed by atoms with van der Waals surface area (Å²) in [6, 6.07) is 4.45. The van der Waals surface area contributed by atoms with Gasteiger partial charge in [0, 0.05) is 5.02 Å². The monoisotopic (exact) mass is 281 g/mol. The summed E-state index contributed by atoms with van der Waals surface area (Å²) in [5.41, 5.74) is 0. The molecule has 0 amide bonds. The van der Waals surface area contributed by atoms with Crippen molar-refractivity contribution in [3.05, 3.63) is 28.2 Å². The van der Waals surface area contributed by atoms with Gasteiger partial charge in [-0.15, -0.1) is 0 Å². The quantitative estimate of drug-likeness (QED) is 0.843. The summed E-state index contributed by atoms with van der Waals surface area (Å²) in [4.78, 5) is 0.109. The van der Waals surface area contributed by atoms with Crippen LogP contribution in [0.25, 0.3) is 0 Å². The first-order valence-corrected chi connectivity index (χ1v) is 7.20. The van der Waals surface area contributed by atoms with Gasteiger partial charge in [-0.3, -0.25) is 0 Å². The third-order valence-corrected chi connectivity index (χ3v) is 4.58. The predicted molar refractivity (Wildman–Crippen MR) is 67.1 cm³/mol. The highest BCUT2D eigenvalue weighted by atomic mass is 35.5. The van der Waals surface area contributed by atoms with Crippen LogP contribution in [0.2, 0.25) is 10.0 Å². The van der Waals surface area contributed by atoms with E-state index in [1.54, 1.807) is 13.1 Å². The molecule has 1 rings (SSSR count). The Bertz CT molecular complexity index is 460. The van der Waals surface area contributed by atoms with Crippen LogP contribution in [0, 0.1) is 0 Å². The van der Waals surface area contributed by atoms with Crippen molar-refractivity contribution in [2.45, 2.75) is 11.3 Å². The Morgan fingerprint density at radius 2 is 2.00 bits per heavy atom. The molecule has 1 aromatic rings. The summed E-state index contributed by atoms with van der Waals surface area (Å²) in [6.45, 7) is 0.650. The number of benzene rings is 1. The van der Waals surface area contributed by atoms with Gasteiger partial charge in [-0.05, 0) is 38.2 Å². The molecule has 0 spiro atoms. The van der Waals surface area contributed by atoms with Crippen molar-refractivity contribution in [3.63, 3.8) is 0 Å². The summed E-state index contributed by atoms with van der Waals surface area (Å²) >= 11 is 11.6. The Morgan fingerprint density at radius 1 is 1.31 bits per heavy atom. The van der Waals surface area contributed by atoms with Gasteiger partial charge in [-0.1, -0.05) is 23.2 Å². The number of rotatable bonds is 5. The van der Waals surface area contributed by atoms with E-state index < -0.39 is 9.84 Å². The molecule has 0 bridgehead atoms. The highest BCUT2D eigenvalue weighted by Gasteiger charge is 2.17. The van der Waals surface area contributed by atoms with Crippen LogP contribution in [-0.2, 0) is 9.84 Å². The van der Waals surface area contributed by atoms with Crippen molar-refractivity contribution in [2.75, 3.05) is 19.3 Å². The van der Waals surface area contributed by atoms with Crippen LogP contribution < -0.4 is 5.32 Å². The molecule has 0 fully saturated rings. The maximum absolute atomic E-state index is 11.9. The van der Waals surface area contributed by atoms with Gasteiger partial charge < -0.3 is 5.32 Å². The van der Waals surface area contributed by atoms with Gasteiger partial charge in [-0.2, -0.15) is 0 Å². The third kappa shape index (κ3) is 3.63. The zero-order valence-corrected chi connectivity index (χ0v) is 11.2. The van der Waals surface area contributed by atoms with Gasteiger partial charge in [0.25, 0.3) is 0 Å². The van der Waals surface area contributed by atoms with Crippen LogP contribution in [0.1, 0.15) is 6.42 Å². The first-order valence-electron chi connectivity index (χ1n) is 4.80. The van der Waals surface area contributed by atoms with E-state index >= 15 is 0 Å². The van der Waals surface area contributed by atoms with Crippen molar-refractivity contribution in [2.24, 2.45) is 0 Å². The summed E-state index contributed by atoms with van der Waals surface area (Å²) in [5.74, 6) is 0.0634. The fraction of sp³-hybridized carbons (Fsp3) is 0.400. The Labute approximate surface area is 106 Å². The number of hydrogen-bond acceptors (Lipinski definition) is 3. The lowest BCUT2D eigenvalue weighted by molar-refractivity contribution is 0.592. The van der Waals surface area contributed by atoms with E-state index in [4.69, 9.17) is 23.2 Å². The molecule has 0 saturated heterocycles. The van der Waals surface area contributed by atoms with Gasteiger partial charge in [0.1, 0.15) is 0 Å². The predicted octanol–water partition coefficient (Wildman–Crippen LogP) is 2.38. The molecule has 0 atom stereocenters. The molecule has 1 N–H and O–H groups in total. The van der Waals surface area contributed by atoms with Gasteiger partial charge in [0.15, 0.2) is 9.84 Å². The molecule has 16 heavy (non-hydrogen) atoms. The minimum absolute atomic E-state index is 0.0634. The second kappa shape index (κ2) is 5.87. The Balaban J connectivity index is 2.93. The molecule has 6 heteroatoms. The molecule has 0 radical (unpaired) electrons. The molecular formula is C10H13Cl2NO2S. The van der Waals surface area contributed by atoms with E-state index in [9.17, 15) is 8.42 Å². The van der Waals surface area contributed by atoms with Crippen molar-refractivity contribution in [1.29, 1.82) is 0 Å². The number of halogens is 2. The minimum Gasteiger partial charge on any atom is -0.320 e. The topological polar surface area (TPSA) is 46.2 Å². The normalized spacial score (nSPS) is 11.7. The number of sulfone groups is 1. The molecule has 0 heterocycles. The van der Waals surface area contributed by atoms with Crippen LogP contribution in [-0.4, -0.2) is 27.8 Å². The van der Waals surface area contributed by atoms with E-state index in [-0.39, 0.29) is 15.7 Å². The van der Waals surface area contributed by atoms with Crippen LogP contribution in [0.4, 0.5) is 0 Å². The second-order valence-electron chi connectivity index (χ2n) is 3.35. The Hall–Kier alpha value is -0.290. The molecular weight excluding hydrogens is 269 g/mol. The largest absolute Gasteiger partial charge is 0.320 e. The van der Waals surface area contributed by atoms with E-state index in [1.165, 1.54) is 12.1 Å². The fourth-order valence-electron chi connectivity index (χ4n) is 1.26. The number of hydrogen-bond donors (Lipinski definition) is 1. The van der Waals surface area contributed by atoms with Gasteiger partial charge in [0.2, 0.25) is 0 Å². The lowest BCUT2D eigenvalue weighted by atomic mass is 10.4.